The van der Waals surface area contributed by atoms with Crippen LogP contribution in [0.1, 0.15) is 31.6 Å². The van der Waals surface area contributed by atoms with Gasteiger partial charge in [0.15, 0.2) is 0 Å². The fourth-order valence-corrected chi connectivity index (χ4v) is 3.57. The number of hydrogen-bond donors (Lipinski definition) is 1. The van der Waals surface area contributed by atoms with Crippen molar-refractivity contribution in [1.82, 2.24) is 15.5 Å². The van der Waals surface area contributed by atoms with Crippen LogP contribution in [0.25, 0.3) is 11.4 Å². The zero-order chi connectivity index (χ0) is 17.1. The van der Waals surface area contributed by atoms with Crippen LogP contribution in [-0.4, -0.2) is 41.6 Å². The van der Waals surface area contributed by atoms with Gasteiger partial charge in [-0.2, -0.15) is 4.98 Å². The summed E-state index contributed by atoms with van der Waals surface area (Å²) >= 11 is 0. The first-order chi connectivity index (χ1) is 12.2. The van der Waals surface area contributed by atoms with E-state index in [1.54, 1.807) is 12.1 Å². The molecule has 1 aromatic heterocycles. The molecule has 7 heteroatoms. The molecule has 134 valence electrons. The Balaban J connectivity index is 1.34. The summed E-state index contributed by atoms with van der Waals surface area (Å²) in [6.07, 6.45) is 3.87. The molecule has 3 heterocycles. The first-order valence-electron chi connectivity index (χ1n) is 8.76. The molecule has 1 aromatic carbocycles. The van der Waals surface area contributed by atoms with Crippen molar-refractivity contribution in [2.75, 3.05) is 19.8 Å². The molecule has 0 amide bonds. The van der Waals surface area contributed by atoms with Gasteiger partial charge in [-0.3, -0.25) is 0 Å². The molecule has 0 saturated carbocycles. The van der Waals surface area contributed by atoms with Crippen molar-refractivity contribution in [2.24, 2.45) is 0 Å². The number of nitrogens with zero attached hydrogens (tertiary/aromatic N) is 2. The van der Waals surface area contributed by atoms with Gasteiger partial charge in [-0.1, -0.05) is 5.16 Å². The molecule has 2 saturated heterocycles. The minimum Gasteiger partial charge on any atom is -0.381 e. The normalized spacial score (nSPS) is 23.0. The van der Waals surface area contributed by atoms with Crippen molar-refractivity contribution in [1.29, 1.82) is 0 Å². The highest BCUT2D eigenvalue weighted by atomic mass is 19.1. The molecule has 1 unspecified atom stereocenters. The van der Waals surface area contributed by atoms with Crippen molar-refractivity contribution in [2.45, 2.75) is 43.9 Å². The van der Waals surface area contributed by atoms with E-state index in [0.717, 1.165) is 51.1 Å². The van der Waals surface area contributed by atoms with Crippen molar-refractivity contribution >= 4 is 0 Å². The summed E-state index contributed by atoms with van der Waals surface area (Å²) in [6, 6.07) is 6.43. The zero-order valence-corrected chi connectivity index (χ0v) is 14.0. The predicted octanol–water partition coefficient (Wildman–Crippen LogP) is 2.69. The van der Waals surface area contributed by atoms with E-state index in [1.807, 2.05) is 0 Å². The summed E-state index contributed by atoms with van der Waals surface area (Å²) in [6.45, 7) is 2.84. The maximum atomic E-state index is 13.0. The highest BCUT2D eigenvalue weighted by molar-refractivity contribution is 5.53. The molecule has 4 rings (SSSR count). The van der Waals surface area contributed by atoms with Gasteiger partial charge in [-0.15, -0.1) is 0 Å². The van der Waals surface area contributed by atoms with E-state index in [9.17, 15) is 4.39 Å². The quantitative estimate of drug-likeness (QED) is 0.917. The van der Waals surface area contributed by atoms with Crippen LogP contribution >= 0.6 is 0 Å². The van der Waals surface area contributed by atoms with Crippen LogP contribution in [0.3, 0.4) is 0 Å². The van der Waals surface area contributed by atoms with Gasteiger partial charge in [0.25, 0.3) is 0 Å². The minimum absolute atomic E-state index is 0.0394. The summed E-state index contributed by atoms with van der Waals surface area (Å²) in [5.74, 6) is 0.729. The van der Waals surface area contributed by atoms with Crippen LogP contribution in [0.2, 0.25) is 0 Å². The Morgan fingerprint density at radius 3 is 2.76 bits per heavy atom. The number of hydrogen-bond acceptors (Lipinski definition) is 6. The lowest BCUT2D eigenvalue weighted by atomic mass is 9.84. The first-order valence-corrected chi connectivity index (χ1v) is 8.76. The standard InChI is InChI=1S/C18H22FN3O3/c19-14-3-1-13(2-4-14)17-21-16(25-22-17)12-20-15-5-8-24-18(11-15)6-9-23-10-7-18/h1-4,15,20H,5-12H2. The maximum Gasteiger partial charge on any atom is 0.240 e. The Morgan fingerprint density at radius 2 is 1.96 bits per heavy atom. The molecule has 0 radical (unpaired) electrons. The lowest BCUT2D eigenvalue weighted by Crippen LogP contribution is -2.49. The first kappa shape index (κ1) is 16.6. The number of ether oxygens (including phenoxy) is 2. The van der Waals surface area contributed by atoms with E-state index in [0.29, 0.717) is 24.3 Å². The van der Waals surface area contributed by atoms with Crippen molar-refractivity contribution in [3.63, 3.8) is 0 Å². The van der Waals surface area contributed by atoms with E-state index in [4.69, 9.17) is 14.0 Å². The van der Waals surface area contributed by atoms with Crippen molar-refractivity contribution in [3.8, 4) is 11.4 Å². The monoisotopic (exact) mass is 347 g/mol. The molecule has 0 aliphatic carbocycles. The van der Waals surface area contributed by atoms with E-state index in [1.165, 1.54) is 12.1 Å². The SMILES string of the molecule is Fc1ccc(-c2noc(CNC3CCOC4(CCOCC4)C3)n2)cc1. The van der Waals surface area contributed by atoms with Crippen molar-refractivity contribution < 1.29 is 18.4 Å². The van der Waals surface area contributed by atoms with Crippen LogP contribution in [0.4, 0.5) is 4.39 Å². The van der Waals surface area contributed by atoms with Gasteiger partial charge >= 0.3 is 0 Å². The van der Waals surface area contributed by atoms with Crippen LogP contribution < -0.4 is 5.32 Å². The molecule has 1 N–H and O–H groups in total. The molecule has 2 fully saturated rings. The van der Waals surface area contributed by atoms with Crippen LogP contribution in [0.15, 0.2) is 28.8 Å². The molecular weight excluding hydrogens is 325 g/mol. The topological polar surface area (TPSA) is 69.4 Å². The lowest BCUT2D eigenvalue weighted by molar-refractivity contribution is -0.140. The lowest BCUT2D eigenvalue weighted by Gasteiger charge is -2.43. The number of nitrogens with one attached hydrogen (secondary N) is 1. The Hall–Kier alpha value is -1.83. The minimum atomic E-state index is -0.282. The molecule has 25 heavy (non-hydrogen) atoms. The number of halogens is 1. The van der Waals surface area contributed by atoms with Crippen LogP contribution in [-0.2, 0) is 16.0 Å². The third kappa shape index (κ3) is 3.89. The van der Waals surface area contributed by atoms with Gasteiger partial charge in [-0.05, 0) is 49.9 Å². The second-order valence-corrected chi connectivity index (χ2v) is 6.73. The largest absolute Gasteiger partial charge is 0.381 e. The molecular formula is C18H22FN3O3. The summed E-state index contributed by atoms with van der Waals surface area (Å²) in [5.41, 5.74) is 0.700. The third-order valence-electron chi connectivity index (χ3n) is 5.01. The van der Waals surface area contributed by atoms with Gasteiger partial charge in [0.1, 0.15) is 5.82 Å². The maximum absolute atomic E-state index is 13.0. The predicted molar refractivity (Wildman–Crippen MR) is 88.3 cm³/mol. The van der Waals surface area contributed by atoms with Gasteiger partial charge in [0.2, 0.25) is 11.7 Å². The number of aromatic nitrogens is 2. The Bertz CT molecular complexity index is 692. The molecule has 1 spiro atoms. The Kier molecular flexibility index (Phi) is 4.78. The van der Waals surface area contributed by atoms with Crippen molar-refractivity contribution in [3.05, 3.63) is 36.0 Å². The Labute approximate surface area is 145 Å². The zero-order valence-electron chi connectivity index (χ0n) is 14.0. The molecule has 1 atom stereocenters. The second kappa shape index (κ2) is 7.19. The van der Waals surface area contributed by atoms with Gasteiger partial charge < -0.3 is 19.3 Å². The molecule has 2 aliphatic heterocycles. The van der Waals surface area contributed by atoms with Crippen LogP contribution in [0, 0.1) is 5.82 Å². The van der Waals surface area contributed by atoms with Crippen LogP contribution in [0.5, 0.6) is 0 Å². The molecule has 2 aliphatic rings. The Morgan fingerprint density at radius 1 is 1.16 bits per heavy atom. The van der Waals surface area contributed by atoms with E-state index >= 15 is 0 Å². The molecule has 0 bridgehead atoms. The van der Waals surface area contributed by atoms with Gasteiger partial charge in [-0.25, -0.2) is 4.39 Å². The average Bonchev–Trinajstić information content (AvgIpc) is 3.10. The molecule has 2 aromatic rings. The fourth-order valence-electron chi connectivity index (χ4n) is 3.57. The third-order valence-corrected chi connectivity index (χ3v) is 5.01. The number of benzene rings is 1. The summed E-state index contributed by atoms with van der Waals surface area (Å²) in [4.78, 5) is 4.38. The highest BCUT2D eigenvalue weighted by Crippen LogP contribution is 2.34. The fraction of sp³-hybridized carbons (Fsp3) is 0.556. The summed E-state index contributed by atoms with van der Waals surface area (Å²) < 4.78 is 29.8. The highest BCUT2D eigenvalue weighted by Gasteiger charge is 2.38. The summed E-state index contributed by atoms with van der Waals surface area (Å²) in [7, 11) is 0. The molecule has 6 nitrogen and oxygen atoms in total. The second-order valence-electron chi connectivity index (χ2n) is 6.73. The van der Waals surface area contributed by atoms with Gasteiger partial charge in [0, 0.05) is 31.4 Å². The van der Waals surface area contributed by atoms with E-state index in [2.05, 4.69) is 15.5 Å². The smallest absolute Gasteiger partial charge is 0.240 e. The number of rotatable bonds is 4. The summed E-state index contributed by atoms with van der Waals surface area (Å²) in [5, 5.41) is 7.48. The average molecular weight is 347 g/mol. The van der Waals surface area contributed by atoms with E-state index < -0.39 is 0 Å². The van der Waals surface area contributed by atoms with E-state index in [-0.39, 0.29) is 11.4 Å². The van der Waals surface area contributed by atoms with Gasteiger partial charge in [0.05, 0.1) is 12.1 Å².